The molecule has 4 heteroatoms. The van der Waals surface area contributed by atoms with E-state index < -0.39 is 0 Å². The number of hydrogen-bond donors (Lipinski definition) is 0. The van der Waals surface area contributed by atoms with E-state index in [9.17, 15) is 0 Å². The third kappa shape index (κ3) is 2.40. The lowest BCUT2D eigenvalue weighted by Gasteiger charge is -2.32. The lowest BCUT2D eigenvalue weighted by Crippen LogP contribution is -2.43. The second-order valence-electron chi connectivity index (χ2n) is 10.7. The van der Waals surface area contributed by atoms with E-state index in [0.29, 0.717) is 0 Å². The van der Waals surface area contributed by atoms with Crippen molar-refractivity contribution in [1.29, 1.82) is 0 Å². The van der Waals surface area contributed by atoms with Crippen molar-refractivity contribution in [3.05, 3.63) is 127 Å². The summed E-state index contributed by atoms with van der Waals surface area (Å²) in [5.74, 6) is 0. The van der Waals surface area contributed by atoms with E-state index in [4.69, 9.17) is 8.83 Å². The van der Waals surface area contributed by atoms with Crippen molar-refractivity contribution in [3.8, 4) is 0 Å². The molecule has 4 heterocycles. The summed E-state index contributed by atoms with van der Waals surface area (Å²) in [5.41, 5.74) is 11.8. The lowest BCUT2D eigenvalue weighted by molar-refractivity contribution is 0.665. The van der Waals surface area contributed by atoms with E-state index >= 15 is 0 Å². The highest BCUT2D eigenvalue weighted by Crippen LogP contribution is 2.55. The van der Waals surface area contributed by atoms with Gasteiger partial charge in [0.1, 0.15) is 22.9 Å². The standard InChI is InChI=1S/C36H21N2O2/c1-5-17-31-21(9-1)25-12-8-16-30(35(25)39-31)37-27-13-3-4-14-28(27)38-33-23(11-7-15-29(33)37)24-19-20-26-22-10-2-6-18-32(22)40-36(26)34(24)38/h1-20,33H/q+1. The minimum absolute atomic E-state index is 0.0216. The summed E-state index contributed by atoms with van der Waals surface area (Å²) < 4.78 is 15.5. The fourth-order valence-electron chi connectivity index (χ4n) is 7.11. The second-order valence-corrected chi connectivity index (χ2v) is 10.7. The fraction of sp³-hybridized carbons (Fsp3) is 0.0278. The van der Waals surface area contributed by atoms with Gasteiger partial charge in [0.25, 0.3) is 5.69 Å². The quantitative estimate of drug-likeness (QED) is 0.205. The van der Waals surface area contributed by atoms with Crippen LogP contribution in [0, 0.1) is 0 Å². The summed E-state index contributed by atoms with van der Waals surface area (Å²) in [6.07, 6.45) is 6.69. The molecule has 0 N–H and O–H groups in total. The number of rotatable bonds is 1. The Morgan fingerprint density at radius 1 is 0.600 bits per heavy atom. The second kappa shape index (κ2) is 7.19. The van der Waals surface area contributed by atoms with E-state index in [0.717, 1.165) is 66.6 Å². The summed E-state index contributed by atoms with van der Waals surface area (Å²) in [4.78, 5) is 2.48. The number of furan rings is 2. The molecule has 10 rings (SSSR count). The predicted molar refractivity (Wildman–Crippen MR) is 163 cm³/mol. The number of nitrogens with zero attached hydrogens (tertiary/aromatic N) is 2. The molecule has 2 aromatic heterocycles. The molecule has 186 valence electrons. The molecule has 0 spiro atoms. The first-order valence-electron chi connectivity index (χ1n) is 13.7. The van der Waals surface area contributed by atoms with Gasteiger partial charge in [-0.25, -0.2) is 0 Å². The monoisotopic (exact) mass is 513 g/mol. The number of anilines is 2. The van der Waals surface area contributed by atoms with Crippen LogP contribution in [-0.2, 0) is 0 Å². The topological polar surface area (TPSA) is 32.5 Å². The molecular formula is C36H21N2O2+. The summed E-state index contributed by atoms with van der Waals surface area (Å²) in [7, 11) is 0. The summed E-state index contributed by atoms with van der Waals surface area (Å²) in [5, 5.41) is 4.56. The van der Waals surface area contributed by atoms with Crippen molar-refractivity contribution in [2.75, 3.05) is 4.90 Å². The van der Waals surface area contributed by atoms with Gasteiger partial charge in [0.2, 0.25) is 17.0 Å². The van der Waals surface area contributed by atoms with Crippen molar-refractivity contribution in [3.63, 3.8) is 0 Å². The van der Waals surface area contributed by atoms with Gasteiger partial charge < -0.3 is 13.7 Å². The average Bonchev–Trinajstić information content (AvgIpc) is 3.68. The summed E-state index contributed by atoms with van der Waals surface area (Å²) in [6, 6.07) is 36.3. The van der Waals surface area contributed by atoms with Gasteiger partial charge in [0.05, 0.1) is 5.69 Å². The molecule has 7 aromatic rings. The molecule has 0 amide bonds. The van der Waals surface area contributed by atoms with Gasteiger partial charge in [-0.15, -0.1) is 0 Å². The van der Waals surface area contributed by atoms with Crippen LogP contribution in [0.5, 0.6) is 0 Å². The van der Waals surface area contributed by atoms with Gasteiger partial charge in [0, 0.05) is 45.3 Å². The molecule has 4 nitrogen and oxygen atoms in total. The molecule has 0 radical (unpaired) electrons. The maximum Gasteiger partial charge on any atom is 0.255 e. The Balaban J connectivity index is 1.32. The lowest BCUT2D eigenvalue weighted by atomic mass is 9.92. The predicted octanol–water partition coefficient (Wildman–Crippen LogP) is 9.25. The number of fused-ring (bicyclic) bond motifs is 12. The van der Waals surface area contributed by atoms with Gasteiger partial charge in [-0.3, -0.25) is 0 Å². The highest BCUT2D eigenvalue weighted by Gasteiger charge is 2.50. The van der Waals surface area contributed by atoms with Gasteiger partial charge in [-0.1, -0.05) is 72.8 Å². The van der Waals surface area contributed by atoms with Gasteiger partial charge in [-0.2, -0.15) is 4.58 Å². The maximum absolute atomic E-state index is 6.58. The van der Waals surface area contributed by atoms with Crippen molar-refractivity contribution in [1.82, 2.24) is 4.58 Å². The minimum Gasteiger partial charge on any atom is -0.454 e. The van der Waals surface area contributed by atoms with Crippen LogP contribution in [-0.4, -0.2) is 11.8 Å². The average molecular weight is 514 g/mol. The molecule has 40 heavy (non-hydrogen) atoms. The number of para-hydroxylation sites is 5. The first-order chi connectivity index (χ1) is 19.9. The molecule has 0 bridgehead atoms. The normalized spacial score (nSPS) is 17.1. The third-order valence-electron chi connectivity index (χ3n) is 8.71. The zero-order valence-corrected chi connectivity index (χ0v) is 21.3. The SMILES string of the molecule is C1=CC2=[N+](c3cccc4c3oc3ccccc34)c3ccccc3N3c4c(ccc5c4oc4ccccc45)C(=C1)C23. The molecule has 0 saturated heterocycles. The number of benzene rings is 5. The zero-order valence-electron chi connectivity index (χ0n) is 21.3. The van der Waals surface area contributed by atoms with Crippen LogP contribution < -0.4 is 9.48 Å². The van der Waals surface area contributed by atoms with Crippen LogP contribution in [0.4, 0.5) is 22.7 Å². The van der Waals surface area contributed by atoms with E-state index in [-0.39, 0.29) is 6.04 Å². The number of allylic oxidation sites excluding steroid dienone is 2. The van der Waals surface area contributed by atoms with Crippen LogP contribution in [0.15, 0.2) is 130 Å². The summed E-state index contributed by atoms with van der Waals surface area (Å²) >= 11 is 0. The Morgan fingerprint density at radius 3 is 2.12 bits per heavy atom. The van der Waals surface area contributed by atoms with Crippen LogP contribution in [0.1, 0.15) is 5.56 Å². The Hall–Kier alpha value is -5.35. The molecule has 0 saturated carbocycles. The third-order valence-corrected chi connectivity index (χ3v) is 8.71. The van der Waals surface area contributed by atoms with E-state index in [1.807, 2.05) is 18.2 Å². The molecule has 1 atom stereocenters. The molecule has 1 aliphatic carbocycles. The van der Waals surface area contributed by atoms with Gasteiger partial charge >= 0.3 is 0 Å². The fourth-order valence-corrected chi connectivity index (χ4v) is 7.11. The van der Waals surface area contributed by atoms with E-state index in [1.165, 1.54) is 16.8 Å². The molecular weight excluding hydrogens is 492 g/mol. The Morgan fingerprint density at radius 2 is 1.27 bits per heavy atom. The highest BCUT2D eigenvalue weighted by atomic mass is 16.3. The number of hydrogen-bond acceptors (Lipinski definition) is 3. The van der Waals surface area contributed by atoms with Crippen molar-refractivity contribution < 1.29 is 8.83 Å². The maximum atomic E-state index is 6.58. The summed E-state index contributed by atoms with van der Waals surface area (Å²) in [6.45, 7) is 0. The first-order valence-corrected chi connectivity index (χ1v) is 13.7. The Bertz CT molecular complexity index is 2350. The zero-order chi connectivity index (χ0) is 25.9. The molecule has 3 aliphatic rings. The van der Waals surface area contributed by atoms with Crippen molar-refractivity contribution in [2.24, 2.45) is 0 Å². The van der Waals surface area contributed by atoms with Gasteiger partial charge in [0.15, 0.2) is 5.58 Å². The largest absolute Gasteiger partial charge is 0.454 e. The molecule has 5 aromatic carbocycles. The van der Waals surface area contributed by atoms with E-state index in [1.54, 1.807) is 0 Å². The van der Waals surface area contributed by atoms with Crippen LogP contribution >= 0.6 is 0 Å². The highest BCUT2D eigenvalue weighted by molar-refractivity contribution is 6.25. The molecule has 2 aliphatic heterocycles. The Kier molecular flexibility index (Phi) is 3.70. The smallest absolute Gasteiger partial charge is 0.255 e. The van der Waals surface area contributed by atoms with Crippen LogP contribution in [0.3, 0.4) is 0 Å². The van der Waals surface area contributed by atoms with Crippen molar-refractivity contribution >= 4 is 77.9 Å². The van der Waals surface area contributed by atoms with Crippen LogP contribution in [0.2, 0.25) is 0 Å². The van der Waals surface area contributed by atoms with Crippen molar-refractivity contribution in [2.45, 2.75) is 6.04 Å². The molecule has 0 fully saturated rings. The van der Waals surface area contributed by atoms with E-state index in [2.05, 4.69) is 113 Å². The van der Waals surface area contributed by atoms with Gasteiger partial charge in [-0.05, 0) is 35.9 Å². The molecule has 1 unspecified atom stereocenters. The Labute approximate surface area is 229 Å². The van der Waals surface area contributed by atoms with Crippen LogP contribution in [0.25, 0.3) is 49.5 Å². The minimum atomic E-state index is 0.0216. The first kappa shape index (κ1) is 20.6.